The molecule has 0 aliphatic carbocycles. The van der Waals surface area contributed by atoms with Crippen LogP contribution >= 0.6 is 24.0 Å². The molecule has 1 fully saturated rings. The van der Waals surface area contributed by atoms with Gasteiger partial charge in [-0.15, -0.1) is 12.4 Å². The summed E-state index contributed by atoms with van der Waals surface area (Å²) >= 11 is 5.80. The molecule has 1 saturated heterocycles. The lowest BCUT2D eigenvalue weighted by atomic mass is 10.1. The zero-order chi connectivity index (χ0) is 9.10. The molecule has 0 saturated carbocycles. The van der Waals surface area contributed by atoms with E-state index in [1.807, 2.05) is 24.3 Å². The van der Waals surface area contributed by atoms with Gasteiger partial charge in [-0.2, -0.15) is 0 Å². The summed E-state index contributed by atoms with van der Waals surface area (Å²) < 4.78 is 5.37. The molecule has 1 aliphatic rings. The van der Waals surface area contributed by atoms with E-state index in [1.54, 1.807) is 0 Å². The minimum Gasteiger partial charge on any atom is -0.378 e. The van der Waals surface area contributed by atoms with Crippen molar-refractivity contribution in [3.63, 3.8) is 0 Å². The first-order valence-corrected chi connectivity index (χ1v) is 4.80. The third-order valence-electron chi connectivity index (χ3n) is 2.19. The highest BCUT2D eigenvalue weighted by Gasteiger charge is 2.14. The lowest BCUT2D eigenvalue weighted by molar-refractivity contribution is 0.0769. The fourth-order valence-corrected chi connectivity index (χ4v) is 1.60. The molecular formula is C10H13Cl2NO. The second-order valence-corrected chi connectivity index (χ2v) is 3.57. The second-order valence-electron chi connectivity index (χ2n) is 3.13. The van der Waals surface area contributed by atoms with Gasteiger partial charge >= 0.3 is 0 Å². The number of ether oxygens (including phenoxy) is 1. The summed E-state index contributed by atoms with van der Waals surface area (Å²) in [5.74, 6) is 0. The molecule has 1 N–H and O–H groups in total. The number of rotatable bonds is 1. The summed E-state index contributed by atoms with van der Waals surface area (Å²) in [4.78, 5) is 0. The third-order valence-corrected chi connectivity index (χ3v) is 2.45. The maximum atomic E-state index is 5.80. The molecule has 4 heteroatoms. The first-order valence-electron chi connectivity index (χ1n) is 4.43. The van der Waals surface area contributed by atoms with Crippen LogP contribution in [0.4, 0.5) is 0 Å². The van der Waals surface area contributed by atoms with Crippen molar-refractivity contribution in [3.8, 4) is 0 Å². The topological polar surface area (TPSA) is 21.3 Å². The minimum absolute atomic E-state index is 0. The van der Waals surface area contributed by atoms with Crippen molar-refractivity contribution in [1.29, 1.82) is 0 Å². The van der Waals surface area contributed by atoms with Crippen molar-refractivity contribution >= 4 is 24.0 Å². The van der Waals surface area contributed by atoms with Crippen LogP contribution in [-0.4, -0.2) is 19.8 Å². The summed E-state index contributed by atoms with van der Waals surface area (Å²) in [5.41, 5.74) is 1.24. The molecule has 1 aromatic rings. The second kappa shape index (κ2) is 5.56. The van der Waals surface area contributed by atoms with Gasteiger partial charge in [0.15, 0.2) is 0 Å². The van der Waals surface area contributed by atoms with E-state index >= 15 is 0 Å². The molecule has 0 bridgehead atoms. The van der Waals surface area contributed by atoms with Crippen LogP contribution in [0.5, 0.6) is 0 Å². The van der Waals surface area contributed by atoms with E-state index in [4.69, 9.17) is 16.3 Å². The molecule has 0 unspecified atom stereocenters. The maximum absolute atomic E-state index is 5.80. The highest BCUT2D eigenvalue weighted by atomic mass is 35.5. The fraction of sp³-hybridized carbons (Fsp3) is 0.400. The molecule has 0 aromatic heterocycles. The summed E-state index contributed by atoms with van der Waals surface area (Å²) in [7, 11) is 0. The van der Waals surface area contributed by atoms with Crippen molar-refractivity contribution in [3.05, 3.63) is 34.9 Å². The first-order chi connectivity index (χ1) is 6.36. The Bertz CT molecular complexity index is 270. The average molecular weight is 234 g/mol. The number of benzene rings is 1. The van der Waals surface area contributed by atoms with E-state index in [1.165, 1.54) is 5.56 Å². The average Bonchev–Trinajstić information content (AvgIpc) is 2.20. The highest BCUT2D eigenvalue weighted by Crippen LogP contribution is 2.18. The summed E-state index contributed by atoms with van der Waals surface area (Å²) in [5, 5.41) is 4.16. The SMILES string of the molecule is Cl.Clc1ccc([C@H]2COCCN2)cc1. The van der Waals surface area contributed by atoms with Gasteiger partial charge in [0.1, 0.15) is 0 Å². The molecule has 0 spiro atoms. The molecule has 1 heterocycles. The smallest absolute Gasteiger partial charge is 0.0662 e. The van der Waals surface area contributed by atoms with Crippen molar-refractivity contribution < 1.29 is 4.74 Å². The van der Waals surface area contributed by atoms with Gasteiger partial charge in [-0.05, 0) is 17.7 Å². The Hall–Kier alpha value is -0.280. The van der Waals surface area contributed by atoms with E-state index in [0.717, 1.165) is 24.8 Å². The Balaban J connectivity index is 0.000000980. The van der Waals surface area contributed by atoms with Crippen LogP contribution in [0, 0.1) is 0 Å². The normalized spacial score (nSPS) is 21.4. The van der Waals surface area contributed by atoms with Crippen LogP contribution in [-0.2, 0) is 4.74 Å². The number of nitrogens with one attached hydrogen (secondary N) is 1. The van der Waals surface area contributed by atoms with E-state index < -0.39 is 0 Å². The quantitative estimate of drug-likeness (QED) is 0.805. The zero-order valence-corrected chi connectivity index (χ0v) is 9.27. The molecule has 1 aromatic carbocycles. The lowest BCUT2D eigenvalue weighted by Crippen LogP contribution is -2.34. The first kappa shape index (κ1) is 11.8. The summed E-state index contributed by atoms with van der Waals surface area (Å²) in [6.07, 6.45) is 0. The van der Waals surface area contributed by atoms with E-state index in [0.29, 0.717) is 6.04 Å². The van der Waals surface area contributed by atoms with Crippen molar-refractivity contribution in [2.45, 2.75) is 6.04 Å². The Labute approximate surface area is 95.0 Å². The Morgan fingerprint density at radius 1 is 1.29 bits per heavy atom. The van der Waals surface area contributed by atoms with Crippen molar-refractivity contribution in [1.82, 2.24) is 5.32 Å². The number of hydrogen-bond donors (Lipinski definition) is 1. The van der Waals surface area contributed by atoms with Crippen LogP contribution < -0.4 is 5.32 Å². The summed E-state index contributed by atoms with van der Waals surface area (Å²) in [6, 6.07) is 8.22. The molecule has 0 radical (unpaired) electrons. The van der Waals surface area contributed by atoms with Gasteiger partial charge in [0.25, 0.3) is 0 Å². The Morgan fingerprint density at radius 3 is 2.57 bits per heavy atom. The zero-order valence-electron chi connectivity index (χ0n) is 7.70. The summed E-state index contributed by atoms with van der Waals surface area (Å²) in [6.45, 7) is 2.49. The molecule has 14 heavy (non-hydrogen) atoms. The fourth-order valence-electron chi connectivity index (χ4n) is 1.47. The Kier molecular flexibility index (Phi) is 4.69. The van der Waals surface area contributed by atoms with Gasteiger partial charge in [0, 0.05) is 11.6 Å². The monoisotopic (exact) mass is 233 g/mol. The molecule has 0 amide bonds. The molecule has 2 nitrogen and oxygen atoms in total. The van der Waals surface area contributed by atoms with Crippen LogP contribution in [0.25, 0.3) is 0 Å². The van der Waals surface area contributed by atoms with Crippen LogP contribution in [0.3, 0.4) is 0 Å². The van der Waals surface area contributed by atoms with Crippen LogP contribution in [0.1, 0.15) is 11.6 Å². The Morgan fingerprint density at radius 2 is 2.00 bits per heavy atom. The van der Waals surface area contributed by atoms with Gasteiger partial charge in [0.05, 0.1) is 19.3 Å². The van der Waals surface area contributed by atoms with Gasteiger partial charge in [-0.25, -0.2) is 0 Å². The van der Waals surface area contributed by atoms with Gasteiger partial charge in [-0.1, -0.05) is 23.7 Å². The highest BCUT2D eigenvalue weighted by molar-refractivity contribution is 6.30. The molecule has 2 rings (SSSR count). The molecule has 78 valence electrons. The van der Waals surface area contributed by atoms with Crippen LogP contribution in [0.15, 0.2) is 24.3 Å². The largest absolute Gasteiger partial charge is 0.378 e. The molecular weight excluding hydrogens is 221 g/mol. The van der Waals surface area contributed by atoms with E-state index in [2.05, 4.69) is 5.32 Å². The van der Waals surface area contributed by atoms with E-state index in [9.17, 15) is 0 Å². The number of hydrogen-bond acceptors (Lipinski definition) is 2. The minimum atomic E-state index is 0. The maximum Gasteiger partial charge on any atom is 0.0662 e. The number of halogens is 2. The molecule has 1 aliphatic heterocycles. The van der Waals surface area contributed by atoms with Gasteiger partial charge < -0.3 is 10.1 Å². The van der Waals surface area contributed by atoms with E-state index in [-0.39, 0.29) is 12.4 Å². The van der Waals surface area contributed by atoms with Crippen molar-refractivity contribution in [2.24, 2.45) is 0 Å². The standard InChI is InChI=1S/C10H12ClNO.ClH/c11-9-3-1-8(2-4-9)10-7-13-6-5-12-10;/h1-4,10,12H,5-7H2;1H/t10-;/m1./s1. The number of morpholine rings is 1. The predicted octanol–water partition coefficient (Wildman–Crippen LogP) is 2.42. The van der Waals surface area contributed by atoms with Gasteiger partial charge in [-0.3, -0.25) is 0 Å². The predicted molar refractivity (Wildman–Crippen MR) is 60.3 cm³/mol. The molecule has 1 atom stereocenters. The third kappa shape index (κ3) is 2.85. The van der Waals surface area contributed by atoms with Crippen LogP contribution in [0.2, 0.25) is 5.02 Å². The van der Waals surface area contributed by atoms with Gasteiger partial charge in [0.2, 0.25) is 0 Å². The lowest BCUT2D eigenvalue weighted by Gasteiger charge is -2.24. The van der Waals surface area contributed by atoms with Crippen molar-refractivity contribution in [2.75, 3.05) is 19.8 Å².